The van der Waals surface area contributed by atoms with Gasteiger partial charge < -0.3 is 5.73 Å². The van der Waals surface area contributed by atoms with Crippen LogP contribution in [0.3, 0.4) is 0 Å². The van der Waals surface area contributed by atoms with Gasteiger partial charge in [0, 0.05) is 6.54 Å². The van der Waals surface area contributed by atoms with Crippen LogP contribution < -0.4 is 5.73 Å². The Morgan fingerprint density at radius 1 is 0.833 bits per heavy atom. The Hall–Kier alpha value is -1.60. The zero-order valence-electron chi connectivity index (χ0n) is 10.7. The average Bonchev–Trinajstić information content (AvgIpc) is 2.47. The van der Waals surface area contributed by atoms with Crippen LogP contribution in [0.15, 0.2) is 42.5 Å². The van der Waals surface area contributed by atoms with E-state index in [1.807, 2.05) is 0 Å². The van der Waals surface area contributed by atoms with E-state index >= 15 is 0 Å². The summed E-state index contributed by atoms with van der Waals surface area (Å²) in [6.07, 6.45) is 5.16. The Bertz CT molecular complexity index is 557. The molecule has 0 unspecified atom stereocenters. The number of nitrogens with two attached hydrogens (primary N) is 1. The third kappa shape index (κ3) is 2.19. The molecular weight excluding hydrogens is 218 g/mol. The lowest BCUT2D eigenvalue weighted by atomic mass is 9.89. The van der Waals surface area contributed by atoms with Crippen molar-refractivity contribution in [3.05, 3.63) is 59.2 Å². The van der Waals surface area contributed by atoms with Gasteiger partial charge in [0.15, 0.2) is 0 Å². The molecule has 2 N–H and O–H groups in total. The standard InChI is InChI=1S/C17H19N/c18-12-13-4-3-7-15(10-13)17-9-8-14-5-1-2-6-16(14)11-17/h3-4,7-11H,1-2,5-6,12,18H2. The fraction of sp³-hybridized carbons (Fsp3) is 0.294. The molecule has 92 valence electrons. The molecule has 18 heavy (non-hydrogen) atoms. The van der Waals surface area contributed by atoms with E-state index in [1.165, 1.54) is 47.9 Å². The van der Waals surface area contributed by atoms with Crippen molar-refractivity contribution in [3.8, 4) is 11.1 Å². The number of hydrogen-bond acceptors (Lipinski definition) is 1. The first-order valence-electron chi connectivity index (χ1n) is 6.78. The molecule has 0 aliphatic heterocycles. The van der Waals surface area contributed by atoms with Crippen molar-refractivity contribution < 1.29 is 0 Å². The molecule has 1 aliphatic carbocycles. The van der Waals surface area contributed by atoms with Gasteiger partial charge in [-0.2, -0.15) is 0 Å². The first-order valence-corrected chi connectivity index (χ1v) is 6.78. The van der Waals surface area contributed by atoms with Crippen molar-refractivity contribution in [2.45, 2.75) is 32.2 Å². The highest BCUT2D eigenvalue weighted by Gasteiger charge is 2.10. The van der Waals surface area contributed by atoms with Crippen LogP contribution in [0.5, 0.6) is 0 Å². The van der Waals surface area contributed by atoms with Gasteiger partial charge in [-0.15, -0.1) is 0 Å². The van der Waals surface area contributed by atoms with E-state index in [0.29, 0.717) is 6.54 Å². The van der Waals surface area contributed by atoms with E-state index in [2.05, 4.69) is 42.5 Å². The summed E-state index contributed by atoms with van der Waals surface area (Å²) in [6.45, 7) is 0.610. The second-order valence-electron chi connectivity index (χ2n) is 5.10. The summed E-state index contributed by atoms with van der Waals surface area (Å²) in [7, 11) is 0. The van der Waals surface area contributed by atoms with E-state index in [4.69, 9.17) is 5.73 Å². The largest absolute Gasteiger partial charge is 0.326 e. The van der Waals surface area contributed by atoms with Crippen LogP contribution in [-0.2, 0) is 19.4 Å². The normalized spacial score (nSPS) is 14.3. The van der Waals surface area contributed by atoms with Gasteiger partial charge in [-0.3, -0.25) is 0 Å². The minimum absolute atomic E-state index is 0.610. The molecule has 0 spiro atoms. The van der Waals surface area contributed by atoms with Gasteiger partial charge in [0.1, 0.15) is 0 Å². The van der Waals surface area contributed by atoms with Crippen LogP contribution in [-0.4, -0.2) is 0 Å². The second kappa shape index (κ2) is 4.95. The van der Waals surface area contributed by atoms with Crippen LogP contribution in [0.2, 0.25) is 0 Å². The summed E-state index contributed by atoms with van der Waals surface area (Å²) in [6, 6.07) is 15.5. The van der Waals surface area contributed by atoms with Gasteiger partial charge in [0.25, 0.3) is 0 Å². The smallest absolute Gasteiger partial charge is 0.0178 e. The molecule has 0 saturated carbocycles. The van der Waals surface area contributed by atoms with Gasteiger partial charge in [-0.1, -0.05) is 36.4 Å². The molecule has 0 fully saturated rings. The molecule has 0 amide bonds. The van der Waals surface area contributed by atoms with Crippen molar-refractivity contribution in [1.29, 1.82) is 0 Å². The number of hydrogen-bond donors (Lipinski definition) is 1. The zero-order chi connectivity index (χ0) is 12.4. The van der Waals surface area contributed by atoms with Crippen molar-refractivity contribution in [1.82, 2.24) is 0 Å². The maximum atomic E-state index is 5.71. The summed E-state index contributed by atoms with van der Waals surface area (Å²) in [5, 5.41) is 0. The third-order valence-corrected chi connectivity index (χ3v) is 3.84. The molecule has 1 aliphatic rings. The highest BCUT2D eigenvalue weighted by molar-refractivity contribution is 5.65. The van der Waals surface area contributed by atoms with Crippen LogP contribution in [0.25, 0.3) is 11.1 Å². The van der Waals surface area contributed by atoms with E-state index < -0.39 is 0 Å². The molecule has 1 heteroatoms. The number of benzene rings is 2. The second-order valence-corrected chi connectivity index (χ2v) is 5.10. The Labute approximate surface area is 109 Å². The Kier molecular flexibility index (Phi) is 3.16. The van der Waals surface area contributed by atoms with E-state index in [9.17, 15) is 0 Å². The van der Waals surface area contributed by atoms with Crippen LogP contribution >= 0.6 is 0 Å². The Morgan fingerprint density at radius 3 is 2.44 bits per heavy atom. The third-order valence-electron chi connectivity index (χ3n) is 3.84. The maximum absolute atomic E-state index is 5.71. The van der Waals surface area contributed by atoms with Gasteiger partial charge in [-0.25, -0.2) is 0 Å². The topological polar surface area (TPSA) is 26.0 Å². The van der Waals surface area contributed by atoms with Gasteiger partial charge in [-0.05, 0) is 59.6 Å². The highest BCUT2D eigenvalue weighted by atomic mass is 14.5. The predicted octanol–water partition coefficient (Wildman–Crippen LogP) is 3.69. The fourth-order valence-electron chi connectivity index (χ4n) is 2.79. The Morgan fingerprint density at radius 2 is 1.61 bits per heavy atom. The summed E-state index contributed by atoms with van der Waals surface area (Å²) < 4.78 is 0. The van der Waals surface area contributed by atoms with Crippen LogP contribution in [0.4, 0.5) is 0 Å². The number of rotatable bonds is 2. The van der Waals surface area contributed by atoms with Crippen molar-refractivity contribution in [3.63, 3.8) is 0 Å². The molecule has 0 aromatic heterocycles. The van der Waals surface area contributed by atoms with E-state index in [0.717, 1.165) is 0 Å². The first kappa shape index (κ1) is 11.5. The fourth-order valence-corrected chi connectivity index (χ4v) is 2.79. The monoisotopic (exact) mass is 237 g/mol. The van der Waals surface area contributed by atoms with Crippen LogP contribution in [0.1, 0.15) is 29.5 Å². The van der Waals surface area contributed by atoms with E-state index in [-0.39, 0.29) is 0 Å². The molecule has 3 rings (SSSR count). The summed E-state index contributed by atoms with van der Waals surface area (Å²) >= 11 is 0. The van der Waals surface area contributed by atoms with Gasteiger partial charge >= 0.3 is 0 Å². The van der Waals surface area contributed by atoms with E-state index in [1.54, 1.807) is 5.56 Å². The Balaban J connectivity index is 2.00. The quantitative estimate of drug-likeness (QED) is 0.847. The summed E-state index contributed by atoms with van der Waals surface area (Å²) in [4.78, 5) is 0. The van der Waals surface area contributed by atoms with Crippen molar-refractivity contribution >= 4 is 0 Å². The SMILES string of the molecule is NCc1cccc(-c2ccc3c(c2)CCCC3)c1. The van der Waals surface area contributed by atoms with Crippen LogP contribution in [0, 0.1) is 0 Å². The minimum atomic E-state index is 0.610. The van der Waals surface area contributed by atoms with Crippen molar-refractivity contribution in [2.24, 2.45) is 5.73 Å². The lowest BCUT2D eigenvalue weighted by molar-refractivity contribution is 0.686. The molecule has 0 bridgehead atoms. The lowest BCUT2D eigenvalue weighted by Gasteiger charge is -2.16. The lowest BCUT2D eigenvalue weighted by Crippen LogP contribution is -2.02. The molecule has 2 aromatic rings. The highest BCUT2D eigenvalue weighted by Crippen LogP contribution is 2.27. The predicted molar refractivity (Wildman–Crippen MR) is 76.4 cm³/mol. The molecule has 0 atom stereocenters. The summed E-state index contributed by atoms with van der Waals surface area (Å²) in [5.74, 6) is 0. The molecule has 2 aromatic carbocycles. The minimum Gasteiger partial charge on any atom is -0.326 e. The van der Waals surface area contributed by atoms with Crippen molar-refractivity contribution in [2.75, 3.05) is 0 Å². The van der Waals surface area contributed by atoms with Gasteiger partial charge in [0.2, 0.25) is 0 Å². The molecule has 0 radical (unpaired) electrons. The number of aryl methyl sites for hydroxylation is 2. The maximum Gasteiger partial charge on any atom is 0.0178 e. The molecular formula is C17H19N. The first-order chi connectivity index (χ1) is 8.86. The molecule has 0 saturated heterocycles. The summed E-state index contributed by atoms with van der Waals surface area (Å²) in [5.41, 5.74) is 12.6. The number of fused-ring (bicyclic) bond motifs is 1. The zero-order valence-corrected chi connectivity index (χ0v) is 10.7. The average molecular weight is 237 g/mol. The van der Waals surface area contributed by atoms with Gasteiger partial charge in [0.05, 0.1) is 0 Å². The molecule has 0 heterocycles. The molecule has 1 nitrogen and oxygen atoms in total.